The number of hydrogen-bond donors (Lipinski definition) is 1. The van der Waals surface area contributed by atoms with Crippen LogP contribution in [0.15, 0.2) is 42.5 Å². The number of benzene rings is 2. The molecule has 2 aromatic carbocycles. The minimum absolute atomic E-state index is 0.0304. The van der Waals surface area contributed by atoms with Crippen molar-refractivity contribution in [3.8, 4) is 5.75 Å². The van der Waals surface area contributed by atoms with Gasteiger partial charge in [0.1, 0.15) is 11.8 Å². The van der Waals surface area contributed by atoms with Gasteiger partial charge in [-0.1, -0.05) is 62.1 Å². The molecule has 1 atom stereocenters. The van der Waals surface area contributed by atoms with Crippen molar-refractivity contribution in [3.05, 3.63) is 64.7 Å². The Kier molecular flexibility index (Phi) is 8.93. The highest BCUT2D eigenvalue weighted by Crippen LogP contribution is 2.21. The van der Waals surface area contributed by atoms with E-state index in [0.717, 1.165) is 53.7 Å². The molecule has 1 N–H and O–H groups in total. The number of amides is 2. The monoisotopic (exact) mass is 450 g/mol. The number of rotatable bonds is 9. The number of carbonyl (C=O) groups excluding carboxylic acids is 2. The highest BCUT2D eigenvalue weighted by molar-refractivity contribution is 5.88. The third-order valence-electron chi connectivity index (χ3n) is 6.67. The standard InChI is InChI=1S/C28H38N2O3/c1-5-26(28(32)29-24-11-7-6-8-12-24)30(19-22-10-9-13-25(17-22)33-4)27(31)18-23-16-20(2)14-15-21(23)3/h9-10,13-17,24,26H,5-8,11-12,18-19H2,1-4H3,(H,29,32)/t26-/m1/s1. The molecule has 1 fully saturated rings. The van der Waals surface area contributed by atoms with Gasteiger partial charge >= 0.3 is 0 Å². The maximum absolute atomic E-state index is 13.6. The van der Waals surface area contributed by atoms with Crippen molar-refractivity contribution in [3.63, 3.8) is 0 Å². The molecule has 0 bridgehead atoms. The maximum atomic E-state index is 13.6. The lowest BCUT2D eigenvalue weighted by atomic mass is 9.95. The van der Waals surface area contributed by atoms with Crippen LogP contribution in [0.1, 0.15) is 67.7 Å². The van der Waals surface area contributed by atoms with Crippen LogP contribution in [0.2, 0.25) is 0 Å². The SMILES string of the molecule is CC[C@H](C(=O)NC1CCCCC1)N(Cc1cccc(OC)c1)C(=O)Cc1cc(C)ccc1C. The normalized spacial score (nSPS) is 15.0. The summed E-state index contributed by atoms with van der Waals surface area (Å²) in [4.78, 5) is 28.8. The molecule has 1 aliphatic rings. The molecule has 5 nitrogen and oxygen atoms in total. The fraction of sp³-hybridized carbons (Fsp3) is 0.500. The van der Waals surface area contributed by atoms with E-state index in [0.29, 0.717) is 13.0 Å². The second-order valence-electron chi connectivity index (χ2n) is 9.25. The average molecular weight is 451 g/mol. The van der Waals surface area contributed by atoms with Crippen LogP contribution in [0, 0.1) is 13.8 Å². The molecule has 0 saturated heterocycles. The highest BCUT2D eigenvalue weighted by Gasteiger charge is 2.30. The Labute approximate surface area is 198 Å². The van der Waals surface area contributed by atoms with Gasteiger partial charge in [-0.25, -0.2) is 0 Å². The van der Waals surface area contributed by atoms with Gasteiger partial charge in [-0.3, -0.25) is 9.59 Å². The van der Waals surface area contributed by atoms with Crippen LogP contribution in [-0.4, -0.2) is 35.9 Å². The Balaban J connectivity index is 1.85. The van der Waals surface area contributed by atoms with E-state index in [9.17, 15) is 9.59 Å². The van der Waals surface area contributed by atoms with Crippen LogP contribution in [0.5, 0.6) is 5.75 Å². The number of nitrogens with zero attached hydrogens (tertiary/aromatic N) is 1. The fourth-order valence-electron chi connectivity index (χ4n) is 4.69. The van der Waals surface area contributed by atoms with Gasteiger partial charge in [0.2, 0.25) is 11.8 Å². The Bertz CT molecular complexity index is 950. The topological polar surface area (TPSA) is 58.6 Å². The number of methoxy groups -OCH3 is 1. The number of aryl methyl sites for hydroxylation is 2. The second kappa shape index (κ2) is 11.9. The van der Waals surface area contributed by atoms with Crippen LogP contribution in [0.3, 0.4) is 0 Å². The molecular weight excluding hydrogens is 412 g/mol. The smallest absolute Gasteiger partial charge is 0.243 e. The average Bonchev–Trinajstić information content (AvgIpc) is 2.82. The molecule has 5 heteroatoms. The molecule has 1 saturated carbocycles. The van der Waals surface area contributed by atoms with Crippen molar-refractivity contribution in [1.29, 1.82) is 0 Å². The zero-order valence-electron chi connectivity index (χ0n) is 20.5. The van der Waals surface area contributed by atoms with E-state index >= 15 is 0 Å². The summed E-state index contributed by atoms with van der Waals surface area (Å²) >= 11 is 0. The van der Waals surface area contributed by atoms with Gasteiger partial charge in [0, 0.05) is 12.6 Å². The summed E-state index contributed by atoms with van der Waals surface area (Å²) in [6, 6.07) is 13.6. The van der Waals surface area contributed by atoms with Crippen molar-refractivity contribution in [1.82, 2.24) is 10.2 Å². The highest BCUT2D eigenvalue weighted by atomic mass is 16.5. The number of hydrogen-bond acceptors (Lipinski definition) is 3. The largest absolute Gasteiger partial charge is 0.497 e. The molecule has 0 heterocycles. The molecule has 3 rings (SSSR count). The van der Waals surface area contributed by atoms with Crippen LogP contribution >= 0.6 is 0 Å². The third-order valence-corrected chi connectivity index (χ3v) is 6.67. The first-order valence-corrected chi connectivity index (χ1v) is 12.2. The van der Waals surface area contributed by atoms with Crippen molar-refractivity contribution >= 4 is 11.8 Å². The number of nitrogens with one attached hydrogen (secondary N) is 1. The molecule has 0 unspecified atom stereocenters. The van der Waals surface area contributed by atoms with E-state index in [1.807, 2.05) is 45.0 Å². The van der Waals surface area contributed by atoms with Gasteiger partial charge in [-0.2, -0.15) is 0 Å². The molecular formula is C28H38N2O3. The van der Waals surface area contributed by atoms with Gasteiger partial charge < -0.3 is 15.0 Å². The van der Waals surface area contributed by atoms with Gasteiger partial charge in [-0.15, -0.1) is 0 Å². The Morgan fingerprint density at radius 3 is 2.55 bits per heavy atom. The Morgan fingerprint density at radius 2 is 1.85 bits per heavy atom. The predicted octanol–water partition coefficient (Wildman–Crippen LogP) is 5.11. The van der Waals surface area contributed by atoms with Gasteiger partial charge in [-0.05, 0) is 61.9 Å². The minimum atomic E-state index is -0.504. The molecule has 0 aliphatic heterocycles. The first kappa shape index (κ1) is 24.8. The summed E-state index contributed by atoms with van der Waals surface area (Å²) in [5, 5.41) is 3.24. The lowest BCUT2D eigenvalue weighted by Crippen LogP contribution is -2.52. The third kappa shape index (κ3) is 6.83. The molecule has 2 aromatic rings. The first-order chi connectivity index (χ1) is 15.9. The fourth-order valence-corrected chi connectivity index (χ4v) is 4.69. The van der Waals surface area contributed by atoms with Crippen molar-refractivity contribution in [2.24, 2.45) is 0 Å². The summed E-state index contributed by atoms with van der Waals surface area (Å²) in [5.74, 6) is 0.674. The van der Waals surface area contributed by atoms with Crippen molar-refractivity contribution < 1.29 is 14.3 Å². The minimum Gasteiger partial charge on any atom is -0.497 e. The summed E-state index contributed by atoms with van der Waals surface area (Å²) in [7, 11) is 1.63. The first-order valence-electron chi connectivity index (χ1n) is 12.2. The quantitative estimate of drug-likeness (QED) is 0.577. The Hall–Kier alpha value is -2.82. The van der Waals surface area contributed by atoms with Gasteiger partial charge in [0.25, 0.3) is 0 Å². The maximum Gasteiger partial charge on any atom is 0.243 e. The molecule has 0 radical (unpaired) electrons. The molecule has 33 heavy (non-hydrogen) atoms. The molecule has 178 valence electrons. The lowest BCUT2D eigenvalue weighted by Gasteiger charge is -2.33. The van der Waals surface area contributed by atoms with E-state index < -0.39 is 6.04 Å². The Morgan fingerprint density at radius 1 is 1.09 bits per heavy atom. The molecule has 0 spiro atoms. The van der Waals surface area contributed by atoms with Gasteiger partial charge in [0.15, 0.2) is 0 Å². The lowest BCUT2D eigenvalue weighted by molar-refractivity contribution is -0.141. The zero-order chi connectivity index (χ0) is 23.8. The predicted molar refractivity (Wildman–Crippen MR) is 132 cm³/mol. The van der Waals surface area contributed by atoms with E-state index in [1.54, 1.807) is 12.0 Å². The molecule has 0 aromatic heterocycles. The van der Waals surface area contributed by atoms with Crippen LogP contribution in [-0.2, 0) is 22.6 Å². The summed E-state index contributed by atoms with van der Waals surface area (Å²) in [6.45, 7) is 6.42. The molecule has 1 aliphatic carbocycles. The van der Waals surface area contributed by atoms with E-state index in [1.165, 1.54) is 6.42 Å². The van der Waals surface area contributed by atoms with Crippen LogP contribution in [0.25, 0.3) is 0 Å². The number of carbonyl (C=O) groups is 2. The van der Waals surface area contributed by atoms with Crippen LogP contribution in [0.4, 0.5) is 0 Å². The van der Waals surface area contributed by atoms with E-state index in [2.05, 4.69) is 23.5 Å². The van der Waals surface area contributed by atoms with E-state index in [4.69, 9.17) is 4.74 Å². The zero-order valence-corrected chi connectivity index (χ0v) is 20.5. The summed E-state index contributed by atoms with van der Waals surface area (Å²) < 4.78 is 5.37. The van der Waals surface area contributed by atoms with Crippen molar-refractivity contribution in [2.75, 3.05) is 7.11 Å². The van der Waals surface area contributed by atoms with Crippen LogP contribution < -0.4 is 10.1 Å². The second-order valence-corrected chi connectivity index (χ2v) is 9.25. The van der Waals surface area contributed by atoms with E-state index in [-0.39, 0.29) is 24.3 Å². The summed E-state index contributed by atoms with van der Waals surface area (Å²) in [5.41, 5.74) is 4.19. The number of ether oxygens (including phenoxy) is 1. The molecule has 2 amide bonds. The summed E-state index contributed by atoms with van der Waals surface area (Å²) in [6.07, 6.45) is 6.44. The van der Waals surface area contributed by atoms with Gasteiger partial charge in [0.05, 0.1) is 13.5 Å². The van der Waals surface area contributed by atoms with Crippen molar-refractivity contribution in [2.45, 2.75) is 84.3 Å².